The monoisotopic (exact) mass is 246 g/mol. The number of amides is 2. The van der Waals surface area contributed by atoms with Gasteiger partial charge in [-0.2, -0.15) is 0 Å². The summed E-state index contributed by atoms with van der Waals surface area (Å²) in [4.78, 5) is 24.6. The predicted molar refractivity (Wildman–Crippen MR) is 63.6 cm³/mol. The highest BCUT2D eigenvalue weighted by Crippen LogP contribution is 2.11. The van der Waals surface area contributed by atoms with Crippen LogP contribution in [0.15, 0.2) is 0 Å². The van der Waals surface area contributed by atoms with Gasteiger partial charge in [-0.05, 0) is 27.7 Å². The largest absolute Gasteiger partial charge is 0.444 e. The van der Waals surface area contributed by atoms with Crippen molar-refractivity contribution in [2.24, 2.45) is 0 Å². The first-order chi connectivity index (χ1) is 7.52. The molecule has 0 aliphatic heterocycles. The van der Waals surface area contributed by atoms with E-state index in [2.05, 4.69) is 5.32 Å². The molecular formula is C11H22N2O4. The molecule has 0 aliphatic carbocycles. The van der Waals surface area contributed by atoms with Crippen molar-refractivity contribution in [1.82, 2.24) is 10.2 Å². The smallest absolute Gasteiger partial charge is 0.408 e. The van der Waals surface area contributed by atoms with Crippen molar-refractivity contribution in [1.29, 1.82) is 0 Å². The lowest BCUT2D eigenvalue weighted by atomic mass is 10.0. The van der Waals surface area contributed by atoms with E-state index in [-0.39, 0.29) is 0 Å². The third-order valence-corrected chi connectivity index (χ3v) is 1.97. The van der Waals surface area contributed by atoms with E-state index in [1.54, 1.807) is 34.9 Å². The molecule has 0 aromatic heterocycles. The Balaban J connectivity index is 4.70. The van der Waals surface area contributed by atoms with Crippen molar-refractivity contribution in [3.63, 3.8) is 0 Å². The molecule has 2 N–H and O–H groups in total. The summed E-state index contributed by atoms with van der Waals surface area (Å²) in [7, 11) is 3.10. The second-order valence-electron chi connectivity index (χ2n) is 5.32. The highest BCUT2D eigenvalue weighted by atomic mass is 16.6. The molecular weight excluding hydrogens is 224 g/mol. The number of rotatable bonds is 3. The first kappa shape index (κ1) is 15.7. The maximum absolute atomic E-state index is 11.8. The predicted octanol–water partition coefficient (Wildman–Crippen LogP) is 0.350. The fourth-order valence-electron chi connectivity index (χ4n) is 1.18. The zero-order chi connectivity index (χ0) is 13.9. The summed E-state index contributed by atoms with van der Waals surface area (Å²) in [6.07, 6.45) is -0.732. The third-order valence-electron chi connectivity index (χ3n) is 1.97. The minimum Gasteiger partial charge on any atom is -0.444 e. The van der Waals surface area contributed by atoms with Crippen LogP contribution in [-0.4, -0.2) is 53.8 Å². The van der Waals surface area contributed by atoms with Crippen molar-refractivity contribution in [2.45, 2.75) is 38.8 Å². The fourth-order valence-corrected chi connectivity index (χ4v) is 1.18. The van der Waals surface area contributed by atoms with Crippen LogP contribution in [-0.2, 0) is 9.53 Å². The van der Waals surface area contributed by atoms with E-state index >= 15 is 0 Å². The van der Waals surface area contributed by atoms with Gasteiger partial charge in [0.25, 0.3) is 0 Å². The van der Waals surface area contributed by atoms with E-state index in [0.717, 1.165) is 0 Å². The highest BCUT2D eigenvalue weighted by molar-refractivity contribution is 5.89. The Morgan fingerprint density at radius 2 is 1.71 bits per heavy atom. The molecule has 0 fully saturated rings. The number of hydrogen-bond acceptors (Lipinski definition) is 4. The lowest BCUT2D eigenvalue weighted by molar-refractivity contribution is -0.136. The van der Waals surface area contributed by atoms with Crippen LogP contribution in [0, 0.1) is 0 Å². The van der Waals surface area contributed by atoms with Crippen molar-refractivity contribution in [3.8, 4) is 0 Å². The van der Waals surface area contributed by atoms with Crippen LogP contribution < -0.4 is 5.32 Å². The molecule has 0 unspecified atom stereocenters. The lowest BCUT2D eigenvalue weighted by Crippen LogP contribution is -2.59. The molecule has 100 valence electrons. The van der Waals surface area contributed by atoms with Crippen molar-refractivity contribution in [3.05, 3.63) is 0 Å². The molecule has 0 saturated carbocycles. The number of hydrogen-bond donors (Lipinski definition) is 2. The van der Waals surface area contributed by atoms with Crippen LogP contribution in [0.2, 0.25) is 0 Å². The number of nitrogens with zero attached hydrogens (tertiary/aromatic N) is 1. The molecule has 2 amide bonds. The summed E-state index contributed by atoms with van der Waals surface area (Å²) in [6.45, 7) is 6.10. The molecule has 0 heterocycles. The number of carbonyl (C=O) groups excluding carboxylic acids is 2. The number of likely N-dealkylation sites (N-methyl/N-ethyl adjacent to an activating group) is 1. The van der Waals surface area contributed by atoms with Gasteiger partial charge >= 0.3 is 6.09 Å². The standard InChI is InChI=1S/C11H22N2O4/c1-10(2,3)17-9(16)12-11(4,7-14)8(15)13(5)6/h14H,7H2,1-6H3,(H,12,16)/t11-/m0/s1. The first-order valence-corrected chi connectivity index (χ1v) is 5.35. The summed E-state index contributed by atoms with van der Waals surface area (Å²) in [5.41, 5.74) is -2.02. The molecule has 0 aliphatic rings. The Morgan fingerprint density at radius 1 is 1.24 bits per heavy atom. The quantitative estimate of drug-likeness (QED) is 0.753. The zero-order valence-corrected chi connectivity index (χ0v) is 11.3. The summed E-state index contributed by atoms with van der Waals surface area (Å²) >= 11 is 0. The van der Waals surface area contributed by atoms with Gasteiger partial charge in [0.05, 0.1) is 6.61 Å². The Bertz CT molecular complexity index is 296. The van der Waals surface area contributed by atoms with Gasteiger partial charge < -0.3 is 20.1 Å². The van der Waals surface area contributed by atoms with E-state index in [1.165, 1.54) is 11.8 Å². The van der Waals surface area contributed by atoms with Crippen LogP contribution in [0.25, 0.3) is 0 Å². The summed E-state index contributed by atoms with van der Waals surface area (Å²) in [5.74, 6) is -0.397. The molecule has 0 radical (unpaired) electrons. The first-order valence-electron chi connectivity index (χ1n) is 5.35. The summed E-state index contributed by atoms with van der Waals surface area (Å²) in [5, 5.41) is 11.6. The topological polar surface area (TPSA) is 78.9 Å². The average Bonchev–Trinajstić information content (AvgIpc) is 2.12. The second-order valence-corrected chi connectivity index (χ2v) is 5.32. The number of alkyl carbamates (subject to hydrolysis) is 1. The maximum atomic E-state index is 11.8. The number of aliphatic hydroxyl groups excluding tert-OH is 1. The van der Waals surface area contributed by atoms with E-state index in [1.807, 2.05) is 0 Å². The van der Waals surface area contributed by atoms with Gasteiger partial charge in [0.1, 0.15) is 11.1 Å². The Kier molecular flexibility index (Phi) is 4.94. The zero-order valence-electron chi connectivity index (χ0n) is 11.3. The minimum atomic E-state index is -1.37. The average molecular weight is 246 g/mol. The van der Waals surface area contributed by atoms with Gasteiger partial charge in [0.15, 0.2) is 0 Å². The van der Waals surface area contributed by atoms with Crippen LogP contribution in [0.5, 0.6) is 0 Å². The normalized spacial score (nSPS) is 14.8. The van der Waals surface area contributed by atoms with Gasteiger partial charge in [0, 0.05) is 14.1 Å². The lowest BCUT2D eigenvalue weighted by Gasteiger charge is -2.31. The minimum absolute atomic E-state index is 0.397. The highest BCUT2D eigenvalue weighted by Gasteiger charge is 2.36. The van der Waals surface area contributed by atoms with Crippen molar-refractivity contribution in [2.75, 3.05) is 20.7 Å². The molecule has 0 bridgehead atoms. The molecule has 0 saturated heterocycles. The van der Waals surface area contributed by atoms with Gasteiger partial charge in [-0.3, -0.25) is 4.79 Å². The van der Waals surface area contributed by atoms with Crippen molar-refractivity contribution < 1.29 is 19.4 Å². The van der Waals surface area contributed by atoms with E-state index in [4.69, 9.17) is 4.74 Å². The van der Waals surface area contributed by atoms with Gasteiger partial charge in [-0.25, -0.2) is 4.79 Å². The molecule has 6 nitrogen and oxygen atoms in total. The maximum Gasteiger partial charge on any atom is 0.408 e. The molecule has 0 aromatic rings. The van der Waals surface area contributed by atoms with Crippen molar-refractivity contribution >= 4 is 12.0 Å². The molecule has 17 heavy (non-hydrogen) atoms. The number of carbonyl (C=O) groups is 2. The van der Waals surface area contributed by atoms with Crippen LogP contribution in [0.4, 0.5) is 4.79 Å². The number of aliphatic hydroxyl groups is 1. The molecule has 0 spiro atoms. The van der Waals surface area contributed by atoms with Crippen LogP contribution in [0.1, 0.15) is 27.7 Å². The Labute approximate surface area is 102 Å². The van der Waals surface area contributed by atoms with Crippen LogP contribution in [0.3, 0.4) is 0 Å². The fraction of sp³-hybridized carbons (Fsp3) is 0.818. The Hall–Kier alpha value is -1.30. The number of ether oxygens (including phenoxy) is 1. The SMILES string of the molecule is CN(C)C(=O)[C@](C)(CO)NC(=O)OC(C)(C)C. The van der Waals surface area contributed by atoms with Crippen LogP contribution >= 0.6 is 0 Å². The number of nitrogens with one attached hydrogen (secondary N) is 1. The summed E-state index contributed by atoms with van der Waals surface area (Å²) in [6, 6.07) is 0. The molecule has 1 atom stereocenters. The molecule has 6 heteroatoms. The van der Waals surface area contributed by atoms with E-state index in [0.29, 0.717) is 0 Å². The van der Waals surface area contributed by atoms with Gasteiger partial charge in [-0.1, -0.05) is 0 Å². The second kappa shape index (κ2) is 5.35. The van der Waals surface area contributed by atoms with Gasteiger partial charge in [0.2, 0.25) is 5.91 Å². The van der Waals surface area contributed by atoms with E-state index < -0.39 is 29.7 Å². The van der Waals surface area contributed by atoms with E-state index in [9.17, 15) is 14.7 Å². The Morgan fingerprint density at radius 3 is 2.00 bits per heavy atom. The molecule has 0 rings (SSSR count). The summed E-state index contributed by atoms with van der Waals surface area (Å²) < 4.78 is 5.03. The molecule has 0 aromatic carbocycles. The third kappa shape index (κ3) is 5.04. The van der Waals surface area contributed by atoms with Gasteiger partial charge in [-0.15, -0.1) is 0 Å².